The zero-order valence-electron chi connectivity index (χ0n) is 15.2. The number of phenols is 1. The number of carboxylic acid groups (broad SMARTS) is 1. The van der Waals surface area contributed by atoms with Gasteiger partial charge in [-0.3, -0.25) is 14.4 Å². The summed E-state index contributed by atoms with van der Waals surface area (Å²) in [6.07, 6.45) is 6.34. The quantitative estimate of drug-likeness (QED) is 0.425. The van der Waals surface area contributed by atoms with Gasteiger partial charge in [0.25, 0.3) is 5.91 Å². The molecular weight excluding hydrogens is 336 g/mol. The number of hydrogen-bond donors (Lipinski definition) is 4. The molecular formula is C19H28N2O5. The lowest BCUT2D eigenvalue weighted by atomic mass is 10.1. The summed E-state index contributed by atoms with van der Waals surface area (Å²) >= 11 is 0. The number of carbonyl (C=O) groups excluding carboxylic acids is 2. The number of aliphatic carboxylic acids is 1. The molecule has 0 fully saturated rings. The standard InChI is InChI=1S/C19H28N2O5/c1-2-3-4-5-6-7-12-20-19(26)15-9-8-14(13-16(15)22)21-17(23)10-11-18(24)25/h8-9,13,22H,2-7,10-12H2,1H3,(H,20,26)(H,21,23)(H,24,25). The van der Waals surface area contributed by atoms with Crippen LogP contribution in [0.25, 0.3) is 0 Å². The molecule has 0 bridgehead atoms. The Labute approximate surface area is 153 Å². The van der Waals surface area contributed by atoms with Crippen molar-refractivity contribution in [2.24, 2.45) is 0 Å². The first-order chi connectivity index (χ1) is 12.4. The number of phenolic OH excluding ortho intramolecular Hbond substituents is 1. The third-order valence-electron chi connectivity index (χ3n) is 3.91. The van der Waals surface area contributed by atoms with Crippen molar-refractivity contribution in [1.82, 2.24) is 5.32 Å². The molecule has 0 heterocycles. The third kappa shape index (κ3) is 8.50. The molecule has 26 heavy (non-hydrogen) atoms. The molecule has 1 aromatic carbocycles. The summed E-state index contributed by atoms with van der Waals surface area (Å²) in [6.45, 7) is 2.72. The van der Waals surface area contributed by atoms with Crippen molar-refractivity contribution in [2.45, 2.75) is 58.3 Å². The summed E-state index contributed by atoms with van der Waals surface area (Å²) in [5.41, 5.74) is 0.449. The molecule has 0 saturated carbocycles. The highest BCUT2D eigenvalue weighted by Crippen LogP contribution is 2.22. The van der Waals surface area contributed by atoms with Crippen LogP contribution >= 0.6 is 0 Å². The van der Waals surface area contributed by atoms with Crippen LogP contribution in [0.5, 0.6) is 5.75 Å². The van der Waals surface area contributed by atoms with Gasteiger partial charge in [-0.25, -0.2) is 0 Å². The molecule has 0 atom stereocenters. The topological polar surface area (TPSA) is 116 Å². The SMILES string of the molecule is CCCCCCCCNC(=O)c1ccc(NC(=O)CCC(=O)O)cc1O. The summed E-state index contributed by atoms with van der Waals surface area (Å²) < 4.78 is 0. The lowest BCUT2D eigenvalue weighted by molar-refractivity contribution is -0.138. The number of unbranched alkanes of at least 4 members (excludes halogenated alkanes) is 5. The van der Waals surface area contributed by atoms with Crippen LogP contribution in [0.2, 0.25) is 0 Å². The highest BCUT2D eigenvalue weighted by atomic mass is 16.4. The minimum atomic E-state index is -1.06. The molecule has 0 radical (unpaired) electrons. The van der Waals surface area contributed by atoms with E-state index < -0.39 is 11.9 Å². The monoisotopic (exact) mass is 364 g/mol. The third-order valence-corrected chi connectivity index (χ3v) is 3.91. The number of benzene rings is 1. The largest absolute Gasteiger partial charge is 0.507 e. The highest BCUT2D eigenvalue weighted by molar-refractivity contribution is 5.98. The van der Waals surface area contributed by atoms with E-state index in [2.05, 4.69) is 17.6 Å². The fraction of sp³-hybridized carbons (Fsp3) is 0.526. The minimum Gasteiger partial charge on any atom is -0.507 e. The summed E-state index contributed by atoms with van der Waals surface area (Å²) in [5, 5.41) is 23.8. The normalized spacial score (nSPS) is 10.3. The molecule has 4 N–H and O–H groups in total. The van der Waals surface area contributed by atoms with E-state index in [1.54, 1.807) is 0 Å². The second kappa shape index (κ2) is 11.9. The Morgan fingerprint density at radius 2 is 1.69 bits per heavy atom. The van der Waals surface area contributed by atoms with Gasteiger partial charge in [0, 0.05) is 24.7 Å². The van der Waals surface area contributed by atoms with Crippen molar-refractivity contribution < 1.29 is 24.6 Å². The number of carboxylic acids is 1. The van der Waals surface area contributed by atoms with Gasteiger partial charge in [-0.15, -0.1) is 0 Å². The van der Waals surface area contributed by atoms with E-state index in [9.17, 15) is 19.5 Å². The fourth-order valence-corrected chi connectivity index (χ4v) is 2.45. The van der Waals surface area contributed by atoms with Gasteiger partial charge in [-0.1, -0.05) is 39.0 Å². The molecule has 2 amide bonds. The molecule has 0 aliphatic rings. The molecule has 0 aromatic heterocycles. The van der Waals surface area contributed by atoms with Gasteiger partial charge in [0.05, 0.1) is 12.0 Å². The Kier molecular flexibility index (Phi) is 9.82. The first kappa shape index (κ1) is 21.5. The lowest BCUT2D eigenvalue weighted by Crippen LogP contribution is -2.24. The van der Waals surface area contributed by atoms with Gasteiger partial charge in [0.1, 0.15) is 5.75 Å². The van der Waals surface area contributed by atoms with Crippen LogP contribution in [0, 0.1) is 0 Å². The van der Waals surface area contributed by atoms with Crippen molar-refractivity contribution >= 4 is 23.5 Å². The predicted octanol–water partition coefficient (Wildman–Crippen LogP) is 3.29. The number of rotatable bonds is 12. The summed E-state index contributed by atoms with van der Waals surface area (Å²) in [5.74, 6) is -2.12. The van der Waals surface area contributed by atoms with Gasteiger partial charge in [-0.2, -0.15) is 0 Å². The Hall–Kier alpha value is -2.57. The van der Waals surface area contributed by atoms with E-state index >= 15 is 0 Å². The van der Waals surface area contributed by atoms with Crippen LogP contribution < -0.4 is 10.6 Å². The molecule has 144 valence electrons. The number of anilines is 1. The van der Waals surface area contributed by atoms with Crippen LogP contribution in [-0.2, 0) is 9.59 Å². The van der Waals surface area contributed by atoms with E-state index in [1.165, 1.54) is 37.5 Å². The number of carbonyl (C=O) groups is 3. The molecule has 7 nitrogen and oxygen atoms in total. The summed E-state index contributed by atoms with van der Waals surface area (Å²) in [6, 6.07) is 4.20. The van der Waals surface area contributed by atoms with Gasteiger partial charge in [0.15, 0.2) is 0 Å². The zero-order valence-corrected chi connectivity index (χ0v) is 15.2. The van der Waals surface area contributed by atoms with Crippen LogP contribution in [-0.4, -0.2) is 34.5 Å². The molecule has 0 saturated heterocycles. The molecule has 0 unspecified atom stereocenters. The highest BCUT2D eigenvalue weighted by Gasteiger charge is 2.12. The summed E-state index contributed by atoms with van der Waals surface area (Å²) in [4.78, 5) is 34.1. The van der Waals surface area contributed by atoms with Crippen LogP contribution in [0.1, 0.15) is 68.6 Å². The number of amides is 2. The predicted molar refractivity (Wildman–Crippen MR) is 99.3 cm³/mol. The van der Waals surface area contributed by atoms with Gasteiger partial charge >= 0.3 is 5.97 Å². The molecule has 0 aliphatic heterocycles. The first-order valence-corrected chi connectivity index (χ1v) is 9.07. The van der Waals surface area contributed by atoms with Crippen molar-refractivity contribution in [3.8, 4) is 5.75 Å². The summed E-state index contributed by atoms with van der Waals surface area (Å²) in [7, 11) is 0. The molecule has 0 spiro atoms. The van der Waals surface area contributed by atoms with E-state index in [1.807, 2.05) is 0 Å². The first-order valence-electron chi connectivity index (χ1n) is 9.07. The van der Waals surface area contributed by atoms with Crippen LogP contribution in [0.15, 0.2) is 18.2 Å². The number of hydrogen-bond acceptors (Lipinski definition) is 4. The van der Waals surface area contributed by atoms with Gasteiger partial charge < -0.3 is 20.8 Å². The van der Waals surface area contributed by atoms with E-state index in [-0.39, 0.29) is 30.1 Å². The zero-order chi connectivity index (χ0) is 19.4. The van der Waals surface area contributed by atoms with Crippen LogP contribution in [0.3, 0.4) is 0 Å². The average molecular weight is 364 g/mol. The van der Waals surface area contributed by atoms with Crippen molar-refractivity contribution in [1.29, 1.82) is 0 Å². The maximum absolute atomic E-state index is 12.1. The van der Waals surface area contributed by atoms with Gasteiger partial charge in [-0.05, 0) is 18.6 Å². The van der Waals surface area contributed by atoms with Crippen molar-refractivity contribution in [2.75, 3.05) is 11.9 Å². The Morgan fingerprint density at radius 1 is 1.00 bits per heavy atom. The van der Waals surface area contributed by atoms with E-state index in [4.69, 9.17) is 5.11 Å². The fourth-order valence-electron chi connectivity index (χ4n) is 2.45. The van der Waals surface area contributed by atoms with E-state index in [0.717, 1.165) is 19.3 Å². The Bertz CT molecular complexity index is 616. The van der Waals surface area contributed by atoms with Gasteiger partial charge in [0.2, 0.25) is 5.91 Å². The maximum Gasteiger partial charge on any atom is 0.303 e. The van der Waals surface area contributed by atoms with E-state index in [0.29, 0.717) is 12.2 Å². The number of nitrogens with one attached hydrogen (secondary N) is 2. The maximum atomic E-state index is 12.1. The Morgan fingerprint density at radius 3 is 2.35 bits per heavy atom. The Balaban J connectivity index is 2.42. The lowest BCUT2D eigenvalue weighted by Gasteiger charge is -2.09. The second-order valence-electron chi connectivity index (χ2n) is 6.20. The van der Waals surface area contributed by atoms with Crippen LogP contribution in [0.4, 0.5) is 5.69 Å². The number of aromatic hydroxyl groups is 1. The molecule has 0 aliphatic carbocycles. The average Bonchev–Trinajstić information content (AvgIpc) is 2.59. The van der Waals surface area contributed by atoms with Crippen molar-refractivity contribution in [3.05, 3.63) is 23.8 Å². The minimum absolute atomic E-state index is 0.138. The second-order valence-corrected chi connectivity index (χ2v) is 6.20. The molecule has 7 heteroatoms. The van der Waals surface area contributed by atoms with Crippen molar-refractivity contribution in [3.63, 3.8) is 0 Å². The molecule has 1 aromatic rings. The molecule has 1 rings (SSSR count). The smallest absolute Gasteiger partial charge is 0.303 e.